The fraction of sp³-hybridized carbons (Fsp3) is 0.625. The molecule has 1 aliphatic heterocycles. The van der Waals surface area contributed by atoms with Crippen molar-refractivity contribution in [2.75, 3.05) is 19.6 Å². The van der Waals surface area contributed by atoms with Crippen molar-refractivity contribution in [3.63, 3.8) is 0 Å². The lowest BCUT2D eigenvalue weighted by molar-refractivity contribution is -0.125. The molecule has 10 heavy (non-hydrogen) atoms. The quantitative estimate of drug-likeness (QED) is 0.536. The van der Waals surface area contributed by atoms with Crippen LogP contribution in [0.2, 0.25) is 0 Å². The van der Waals surface area contributed by atoms with Crippen LogP contribution >= 0.6 is 0 Å². The van der Waals surface area contributed by atoms with Crippen molar-refractivity contribution in [3.8, 4) is 0 Å². The Morgan fingerprint density at radius 1 is 1.80 bits per heavy atom. The van der Waals surface area contributed by atoms with E-state index in [1.807, 2.05) is 6.08 Å². The number of carbonyl (C=O) groups excluding carboxylic acids is 1. The summed E-state index contributed by atoms with van der Waals surface area (Å²) >= 11 is 0. The van der Waals surface area contributed by atoms with Gasteiger partial charge in [-0.1, -0.05) is 6.08 Å². The zero-order chi connectivity index (χ0) is 7.56. The van der Waals surface area contributed by atoms with E-state index in [-0.39, 0.29) is 0 Å². The van der Waals surface area contributed by atoms with Crippen LogP contribution in [0.1, 0.15) is 6.92 Å². The molecule has 0 N–H and O–H groups in total. The largest absolute Gasteiger partial charge is 0.300 e. The molecule has 56 valence electrons. The van der Waals surface area contributed by atoms with E-state index in [0.717, 1.165) is 19.6 Å². The number of hydrogen-bond acceptors (Lipinski definition) is 2. The van der Waals surface area contributed by atoms with Gasteiger partial charge in [-0.2, -0.15) is 0 Å². The maximum atomic E-state index is 10.7. The first-order valence-electron chi connectivity index (χ1n) is 3.57. The number of hydrogen-bond donors (Lipinski definition) is 0. The Bertz CT molecular complexity index is 147. The second-order valence-electron chi connectivity index (χ2n) is 2.81. The SMILES string of the molecule is C=CCN1CC(C(C)=O)C1. The van der Waals surface area contributed by atoms with E-state index in [4.69, 9.17) is 0 Å². The van der Waals surface area contributed by atoms with Crippen LogP contribution in [-0.2, 0) is 4.79 Å². The van der Waals surface area contributed by atoms with Crippen LogP contribution in [0.5, 0.6) is 0 Å². The van der Waals surface area contributed by atoms with E-state index in [1.165, 1.54) is 0 Å². The highest BCUT2D eigenvalue weighted by Gasteiger charge is 2.28. The molecule has 0 aromatic rings. The number of likely N-dealkylation sites (tertiary alicyclic amines) is 1. The lowest BCUT2D eigenvalue weighted by Crippen LogP contribution is -2.49. The zero-order valence-electron chi connectivity index (χ0n) is 6.34. The van der Waals surface area contributed by atoms with Gasteiger partial charge in [-0.25, -0.2) is 0 Å². The Labute approximate surface area is 61.5 Å². The van der Waals surface area contributed by atoms with E-state index in [2.05, 4.69) is 11.5 Å². The van der Waals surface area contributed by atoms with Crippen LogP contribution in [0.25, 0.3) is 0 Å². The fourth-order valence-corrected chi connectivity index (χ4v) is 1.16. The Balaban J connectivity index is 2.17. The summed E-state index contributed by atoms with van der Waals surface area (Å²) in [6, 6.07) is 0. The summed E-state index contributed by atoms with van der Waals surface area (Å²) in [6.45, 7) is 8.07. The van der Waals surface area contributed by atoms with Gasteiger partial charge in [-0.15, -0.1) is 6.58 Å². The Kier molecular flexibility index (Phi) is 2.22. The summed E-state index contributed by atoms with van der Waals surface area (Å²) in [7, 11) is 0. The smallest absolute Gasteiger partial charge is 0.135 e. The van der Waals surface area contributed by atoms with Gasteiger partial charge >= 0.3 is 0 Å². The molecule has 0 atom stereocenters. The maximum Gasteiger partial charge on any atom is 0.135 e. The lowest BCUT2D eigenvalue weighted by Gasteiger charge is -2.36. The highest BCUT2D eigenvalue weighted by molar-refractivity contribution is 5.79. The second-order valence-corrected chi connectivity index (χ2v) is 2.81. The predicted molar refractivity (Wildman–Crippen MR) is 40.8 cm³/mol. The average molecular weight is 139 g/mol. The number of carbonyl (C=O) groups is 1. The van der Waals surface area contributed by atoms with E-state index >= 15 is 0 Å². The van der Waals surface area contributed by atoms with E-state index < -0.39 is 0 Å². The number of ketones is 1. The van der Waals surface area contributed by atoms with Gasteiger partial charge in [0, 0.05) is 25.6 Å². The van der Waals surface area contributed by atoms with Crippen molar-refractivity contribution in [3.05, 3.63) is 12.7 Å². The molecule has 0 saturated carbocycles. The van der Waals surface area contributed by atoms with Gasteiger partial charge in [-0.3, -0.25) is 9.69 Å². The van der Waals surface area contributed by atoms with Gasteiger partial charge < -0.3 is 0 Å². The molecule has 0 aromatic heterocycles. The molecule has 0 aliphatic carbocycles. The Morgan fingerprint density at radius 2 is 2.40 bits per heavy atom. The minimum Gasteiger partial charge on any atom is -0.300 e. The number of nitrogens with zero attached hydrogens (tertiary/aromatic N) is 1. The van der Waals surface area contributed by atoms with Crippen LogP contribution in [0.3, 0.4) is 0 Å². The van der Waals surface area contributed by atoms with Crippen molar-refractivity contribution >= 4 is 5.78 Å². The fourth-order valence-electron chi connectivity index (χ4n) is 1.16. The Morgan fingerprint density at radius 3 is 2.80 bits per heavy atom. The molecule has 0 aromatic carbocycles. The van der Waals surface area contributed by atoms with Gasteiger partial charge in [0.25, 0.3) is 0 Å². The molecule has 0 spiro atoms. The summed E-state index contributed by atoms with van der Waals surface area (Å²) < 4.78 is 0. The first-order valence-corrected chi connectivity index (χ1v) is 3.57. The molecule has 0 amide bonds. The maximum absolute atomic E-state index is 10.7. The van der Waals surface area contributed by atoms with Gasteiger partial charge in [0.15, 0.2) is 0 Å². The first-order chi connectivity index (χ1) is 4.74. The van der Waals surface area contributed by atoms with Crippen molar-refractivity contribution in [2.45, 2.75) is 6.92 Å². The summed E-state index contributed by atoms with van der Waals surface area (Å²) in [5, 5.41) is 0. The summed E-state index contributed by atoms with van der Waals surface area (Å²) in [4.78, 5) is 12.9. The monoisotopic (exact) mass is 139 g/mol. The van der Waals surface area contributed by atoms with Crippen molar-refractivity contribution < 1.29 is 4.79 Å². The molecule has 1 rings (SSSR count). The summed E-state index contributed by atoms with van der Waals surface area (Å²) in [5.41, 5.74) is 0. The zero-order valence-corrected chi connectivity index (χ0v) is 6.34. The molecule has 0 bridgehead atoms. The lowest BCUT2D eigenvalue weighted by atomic mass is 9.96. The van der Waals surface area contributed by atoms with Gasteiger partial charge in [0.1, 0.15) is 5.78 Å². The third-order valence-electron chi connectivity index (χ3n) is 1.92. The molecule has 1 aliphatic rings. The standard InChI is InChI=1S/C8H13NO/c1-3-4-9-5-8(6-9)7(2)10/h3,8H,1,4-6H2,2H3. The van der Waals surface area contributed by atoms with Gasteiger partial charge in [-0.05, 0) is 6.92 Å². The van der Waals surface area contributed by atoms with Crippen LogP contribution in [0.4, 0.5) is 0 Å². The van der Waals surface area contributed by atoms with E-state index in [1.54, 1.807) is 6.92 Å². The van der Waals surface area contributed by atoms with Crippen molar-refractivity contribution in [1.82, 2.24) is 4.90 Å². The van der Waals surface area contributed by atoms with E-state index in [0.29, 0.717) is 11.7 Å². The molecule has 0 unspecified atom stereocenters. The average Bonchev–Trinajstić information content (AvgIpc) is 1.76. The summed E-state index contributed by atoms with van der Waals surface area (Å²) in [6.07, 6.45) is 1.87. The molecule has 1 fully saturated rings. The minimum absolute atomic E-state index is 0.306. The normalized spacial score (nSPS) is 20.1. The Hall–Kier alpha value is -0.630. The second kappa shape index (κ2) is 2.97. The molecular weight excluding hydrogens is 126 g/mol. The van der Waals surface area contributed by atoms with Gasteiger partial charge in [0.05, 0.1) is 0 Å². The topological polar surface area (TPSA) is 20.3 Å². The predicted octanol–water partition coefficient (Wildman–Crippen LogP) is 0.693. The molecule has 2 nitrogen and oxygen atoms in total. The van der Waals surface area contributed by atoms with Crippen molar-refractivity contribution in [1.29, 1.82) is 0 Å². The molecule has 2 heteroatoms. The number of rotatable bonds is 3. The van der Waals surface area contributed by atoms with Gasteiger partial charge in [0.2, 0.25) is 0 Å². The molecule has 1 saturated heterocycles. The molecular formula is C8H13NO. The highest BCUT2D eigenvalue weighted by atomic mass is 16.1. The third-order valence-corrected chi connectivity index (χ3v) is 1.92. The van der Waals surface area contributed by atoms with Crippen LogP contribution in [0.15, 0.2) is 12.7 Å². The van der Waals surface area contributed by atoms with Crippen LogP contribution in [-0.4, -0.2) is 30.3 Å². The summed E-state index contributed by atoms with van der Waals surface area (Å²) in [5.74, 6) is 0.625. The van der Waals surface area contributed by atoms with E-state index in [9.17, 15) is 4.79 Å². The molecule has 0 radical (unpaired) electrons. The highest BCUT2D eigenvalue weighted by Crippen LogP contribution is 2.15. The van der Waals surface area contributed by atoms with Crippen LogP contribution < -0.4 is 0 Å². The third kappa shape index (κ3) is 1.45. The molecule has 1 heterocycles. The number of Topliss-reactive ketones (excluding diaryl/α,β-unsaturated/α-hetero) is 1. The minimum atomic E-state index is 0.306. The van der Waals surface area contributed by atoms with Crippen LogP contribution in [0, 0.1) is 5.92 Å². The van der Waals surface area contributed by atoms with Crippen molar-refractivity contribution in [2.24, 2.45) is 5.92 Å². The first kappa shape index (κ1) is 7.48.